The van der Waals surface area contributed by atoms with Gasteiger partial charge in [-0.15, -0.1) is 0 Å². The lowest BCUT2D eigenvalue weighted by Crippen LogP contribution is -2.65. The van der Waals surface area contributed by atoms with Crippen LogP contribution in [0.4, 0.5) is 5.69 Å². The number of hydrogen-bond donors (Lipinski definition) is 0. The number of rotatable bonds is 1. The van der Waals surface area contributed by atoms with Gasteiger partial charge in [0.05, 0.1) is 17.6 Å². The van der Waals surface area contributed by atoms with Crippen molar-refractivity contribution in [3.63, 3.8) is 0 Å². The van der Waals surface area contributed by atoms with Crippen molar-refractivity contribution in [3.05, 3.63) is 29.8 Å². The Morgan fingerprint density at radius 2 is 1.95 bits per heavy atom. The fourth-order valence-electron chi connectivity index (χ4n) is 5.31. The van der Waals surface area contributed by atoms with E-state index >= 15 is 0 Å². The molecular formula is C19H23N3. The molecule has 0 saturated heterocycles. The molecule has 1 aliphatic carbocycles. The van der Waals surface area contributed by atoms with Gasteiger partial charge in [-0.2, -0.15) is 10.5 Å². The van der Waals surface area contributed by atoms with Crippen LogP contribution in [0.25, 0.3) is 0 Å². The molecule has 0 unspecified atom stereocenters. The second-order valence-corrected chi connectivity index (χ2v) is 7.40. The van der Waals surface area contributed by atoms with Crippen LogP contribution in [-0.2, 0) is 5.41 Å². The lowest BCUT2D eigenvalue weighted by Gasteiger charge is -2.51. The molecule has 22 heavy (non-hydrogen) atoms. The number of anilines is 1. The Morgan fingerprint density at radius 3 is 2.50 bits per heavy atom. The van der Waals surface area contributed by atoms with Gasteiger partial charge in [-0.25, -0.2) is 0 Å². The van der Waals surface area contributed by atoms with Crippen LogP contribution in [0.15, 0.2) is 24.3 Å². The molecule has 1 aromatic carbocycles. The molecule has 0 N–H and O–H groups in total. The molecule has 1 aromatic rings. The summed E-state index contributed by atoms with van der Waals surface area (Å²) in [6.07, 6.45) is 3.22. The van der Waals surface area contributed by atoms with E-state index in [-0.39, 0.29) is 5.41 Å². The Hall–Kier alpha value is -2.00. The number of likely N-dealkylation sites (N-methyl/N-ethyl adjacent to an activating group) is 1. The van der Waals surface area contributed by atoms with Crippen LogP contribution in [0, 0.1) is 34.0 Å². The number of nitrogens with zero attached hydrogens (tertiary/aromatic N) is 3. The highest BCUT2D eigenvalue weighted by atomic mass is 15.2. The summed E-state index contributed by atoms with van der Waals surface area (Å²) in [5.41, 5.74) is 0.530. The lowest BCUT2D eigenvalue weighted by atomic mass is 9.54. The van der Waals surface area contributed by atoms with Gasteiger partial charge in [-0.3, -0.25) is 0 Å². The summed E-state index contributed by atoms with van der Waals surface area (Å²) >= 11 is 0. The van der Waals surface area contributed by atoms with Gasteiger partial charge in [0.2, 0.25) is 0 Å². The third-order valence-corrected chi connectivity index (χ3v) is 6.29. The molecule has 114 valence electrons. The molecule has 2 aliphatic rings. The minimum Gasteiger partial charge on any atom is -0.354 e. The summed E-state index contributed by atoms with van der Waals surface area (Å²) in [7, 11) is 1.99. The highest BCUT2D eigenvalue weighted by Gasteiger charge is 2.70. The molecule has 3 nitrogen and oxygen atoms in total. The van der Waals surface area contributed by atoms with E-state index in [0.29, 0.717) is 5.92 Å². The number of para-hydroxylation sites is 1. The fraction of sp³-hybridized carbons (Fsp3) is 0.579. The Labute approximate surface area is 133 Å². The van der Waals surface area contributed by atoms with Gasteiger partial charge in [0.25, 0.3) is 0 Å². The summed E-state index contributed by atoms with van der Waals surface area (Å²) in [5, 5.41) is 20.2. The van der Waals surface area contributed by atoms with Gasteiger partial charge in [-0.05, 0) is 44.2 Å². The van der Waals surface area contributed by atoms with Gasteiger partial charge >= 0.3 is 0 Å². The molecule has 3 atom stereocenters. The normalized spacial score (nSPS) is 33.5. The first-order valence-corrected chi connectivity index (χ1v) is 8.05. The topological polar surface area (TPSA) is 50.8 Å². The molecule has 0 bridgehead atoms. The van der Waals surface area contributed by atoms with Crippen molar-refractivity contribution < 1.29 is 0 Å². The van der Waals surface area contributed by atoms with E-state index in [4.69, 9.17) is 0 Å². The second kappa shape index (κ2) is 4.50. The largest absolute Gasteiger partial charge is 0.354 e. The minimum atomic E-state index is -0.825. The Balaban J connectivity index is 2.41. The third-order valence-electron chi connectivity index (χ3n) is 6.29. The van der Waals surface area contributed by atoms with Gasteiger partial charge < -0.3 is 4.90 Å². The molecule has 3 rings (SSSR count). The first kappa shape index (κ1) is 14.9. The second-order valence-electron chi connectivity index (χ2n) is 7.40. The summed E-state index contributed by atoms with van der Waals surface area (Å²) in [6.45, 7) is 6.10. The van der Waals surface area contributed by atoms with Crippen molar-refractivity contribution in [1.29, 1.82) is 10.5 Å². The van der Waals surface area contributed by atoms with Crippen LogP contribution in [0.2, 0.25) is 0 Å². The average molecular weight is 293 g/mol. The molecule has 0 aromatic heterocycles. The molecule has 1 fully saturated rings. The van der Waals surface area contributed by atoms with E-state index in [2.05, 4.69) is 42.2 Å². The van der Waals surface area contributed by atoms with Crippen molar-refractivity contribution in [2.45, 2.75) is 51.0 Å². The van der Waals surface area contributed by atoms with Crippen LogP contribution >= 0.6 is 0 Å². The maximum Gasteiger partial charge on any atom is 0.155 e. The number of nitriles is 2. The van der Waals surface area contributed by atoms with E-state index in [1.54, 1.807) is 0 Å². The van der Waals surface area contributed by atoms with Gasteiger partial charge in [-0.1, -0.05) is 31.5 Å². The van der Waals surface area contributed by atoms with Crippen molar-refractivity contribution in [2.24, 2.45) is 11.3 Å². The number of fused-ring (bicyclic) bond motifs is 2. The Bertz CT molecular complexity index is 693. The molecule has 3 heteroatoms. The van der Waals surface area contributed by atoms with E-state index in [9.17, 15) is 10.5 Å². The molecule has 0 radical (unpaired) electrons. The molecule has 1 saturated carbocycles. The van der Waals surface area contributed by atoms with Crippen molar-refractivity contribution >= 4 is 5.69 Å². The standard InChI is InChI=1S/C19H23N3/c1-14-8-7-11-18(14)15-9-5-6-10-16(15)22(4)19(18,13-21)17(2,3)12-20/h5-6,9-10,14H,7-8,11H2,1-4H3/t14-,18-,19+/m1/s1. The van der Waals surface area contributed by atoms with Crippen molar-refractivity contribution in [2.75, 3.05) is 11.9 Å². The highest BCUT2D eigenvalue weighted by molar-refractivity contribution is 5.71. The van der Waals surface area contributed by atoms with Gasteiger partial charge in [0.15, 0.2) is 5.54 Å². The summed E-state index contributed by atoms with van der Waals surface area (Å²) < 4.78 is 0. The number of hydrogen-bond acceptors (Lipinski definition) is 3. The van der Waals surface area contributed by atoms with E-state index in [1.165, 1.54) is 5.56 Å². The van der Waals surface area contributed by atoms with E-state index in [0.717, 1.165) is 24.9 Å². The molecule has 1 heterocycles. The average Bonchev–Trinajstić information content (AvgIpc) is 3.00. The SMILES string of the molecule is C[C@@H]1CCC[C@]12c1ccccc1N(C)[C@@]2(C#N)C(C)(C)C#N. The Kier molecular flexibility index (Phi) is 3.05. The van der Waals surface area contributed by atoms with E-state index in [1.807, 2.05) is 27.0 Å². The zero-order chi connectivity index (χ0) is 16.2. The highest BCUT2D eigenvalue weighted by Crippen LogP contribution is 2.65. The van der Waals surface area contributed by atoms with Crippen molar-refractivity contribution in [1.82, 2.24) is 0 Å². The van der Waals surface area contributed by atoms with E-state index < -0.39 is 11.0 Å². The zero-order valence-electron chi connectivity index (χ0n) is 13.8. The summed E-state index contributed by atoms with van der Waals surface area (Å²) in [6, 6.07) is 13.4. The first-order valence-electron chi connectivity index (χ1n) is 8.05. The molecule has 0 amide bonds. The van der Waals surface area contributed by atoms with Gasteiger partial charge in [0.1, 0.15) is 0 Å². The molecule has 1 aliphatic heterocycles. The monoisotopic (exact) mass is 293 g/mol. The van der Waals surface area contributed by atoms with Crippen molar-refractivity contribution in [3.8, 4) is 12.1 Å². The maximum absolute atomic E-state index is 10.3. The lowest BCUT2D eigenvalue weighted by molar-refractivity contribution is 0.140. The van der Waals surface area contributed by atoms with Crippen LogP contribution in [0.3, 0.4) is 0 Å². The quantitative estimate of drug-likeness (QED) is 0.786. The summed E-state index contributed by atoms with van der Waals surface area (Å²) in [4.78, 5) is 2.09. The Morgan fingerprint density at radius 1 is 1.27 bits per heavy atom. The molecule has 1 spiro atoms. The zero-order valence-corrected chi connectivity index (χ0v) is 13.8. The maximum atomic E-state index is 10.3. The van der Waals surface area contributed by atoms with Gasteiger partial charge in [0, 0.05) is 18.2 Å². The van der Waals surface area contributed by atoms with Crippen LogP contribution in [-0.4, -0.2) is 12.6 Å². The van der Waals surface area contributed by atoms with Crippen LogP contribution in [0.1, 0.15) is 45.6 Å². The summed E-state index contributed by atoms with van der Waals surface area (Å²) in [5.74, 6) is 0.394. The van der Waals surface area contributed by atoms with Crippen LogP contribution < -0.4 is 4.90 Å². The molecular weight excluding hydrogens is 270 g/mol. The van der Waals surface area contributed by atoms with Crippen LogP contribution in [0.5, 0.6) is 0 Å². The smallest absolute Gasteiger partial charge is 0.155 e. The fourth-order valence-corrected chi connectivity index (χ4v) is 5.31. The minimum absolute atomic E-state index is 0.258. The third kappa shape index (κ3) is 1.35. The predicted molar refractivity (Wildman–Crippen MR) is 87.3 cm³/mol. The number of benzene rings is 1. The first-order chi connectivity index (χ1) is 10.4. The predicted octanol–water partition coefficient (Wildman–Crippen LogP) is 4.01.